The van der Waals surface area contributed by atoms with E-state index in [-0.39, 0.29) is 30.9 Å². The van der Waals surface area contributed by atoms with Gasteiger partial charge in [-0.3, -0.25) is 29.7 Å². The van der Waals surface area contributed by atoms with Crippen molar-refractivity contribution in [3.8, 4) is 0 Å². The Morgan fingerprint density at radius 3 is 2.14 bits per heavy atom. The van der Waals surface area contributed by atoms with E-state index in [0.717, 1.165) is 24.3 Å². The van der Waals surface area contributed by atoms with Crippen molar-refractivity contribution in [3.63, 3.8) is 0 Å². The van der Waals surface area contributed by atoms with Gasteiger partial charge in [-0.05, 0) is 56.0 Å². The first kappa shape index (κ1) is 36.4. The molecule has 0 aliphatic carbocycles. The quantitative estimate of drug-likeness (QED) is 0.0691. The zero-order valence-corrected chi connectivity index (χ0v) is 26.4. The van der Waals surface area contributed by atoms with Crippen molar-refractivity contribution >= 4 is 40.8 Å². The molecule has 11 nitrogen and oxygen atoms in total. The standard InChI is InChI=1S/C33H47N3O8/c1-5-6-7-8-9-10-11-12-14-30(38)26-18-16-25(3)29(21-26)35(42)31(39)15-13-20-44-33(41)34-28-22-27(19-17-24(28)2)36(43-4)32(40)23-37/h16-19,21-22,37,42H,5-15,20,23H2,1-4H3,(H,34,41). The highest BCUT2D eigenvalue weighted by molar-refractivity contribution is 5.99. The molecule has 0 aromatic heterocycles. The number of rotatable bonds is 19. The van der Waals surface area contributed by atoms with Gasteiger partial charge in [-0.25, -0.2) is 4.79 Å². The summed E-state index contributed by atoms with van der Waals surface area (Å²) in [5, 5.41) is 23.7. The molecular formula is C33H47N3O8. The number of carbonyl (C=O) groups excluding carboxylic acids is 4. The van der Waals surface area contributed by atoms with E-state index >= 15 is 0 Å². The van der Waals surface area contributed by atoms with Crippen LogP contribution in [0.25, 0.3) is 0 Å². The molecule has 2 rings (SSSR count). The van der Waals surface area contributed by atoms with E-state index in [0.29, 0.717) is 39.5 Å². The number of aryl methyl sites for hydroxylation is 2. The highest BCUT2D eigenvalue weighted by atomic mass is 16.7. The summed E-state index contributed by atoms with van der Waals surface area (Å²) < 4.78 is 5.19. The predicted molar refractivity (Wildman–Crippen MR) is 169 cm³/mol. The van der Waals surface area contributed by atoms with Crippen molar-refractivity contribution in [1.82, 2.24) is 0 Å². The molecule has 0 atom stereocenters. The Balaban J connectivity index is 1.82. The number of hydrogen-bond acceptors (Lipinski definition) is 8. The number of ether oxygens (including phenoxy) is 1. The average molecular weight is 614 g/mol. The molecule has 0 heterocycles. The highest BCUT2D eigenvalue weighted by Gasteiger charge is 2.19. The summed E-state index contributed by atoms with van der Waals surface area (Å²) in [5.74, 6) is -1.30. The number of ketones is 1. The third kappa shape index (κ3) is 11.7. The first-order valence-corrected chi connectivity index (χ1v) is 15.3. The Bertz CT molecular complexity index is 1250. The average Bonchev–Trinajstić information content (AvgIpc) is 3.01. The Morgan fingerprint density at radius 2 is 1.48 bits per heavy atom. The number of nitrogens with one attached hydrogen (secondary N) is 1. The van der Waals surface area contributed by atoms with Crippen LogP contribution in [0.4, 0.5) is 21.9 Å². The van der Waals surface area contributed by atoms with Crippen LogP contribution in [-0.4, -0.2) is 54.3 Å². The molecule has 0 bridgehead atoms. The Hall–Kier alpha value is -3.80. The first-order valence-electron chi connectivity index (χ1n) is 15.3. The summed E-state index contributed by atoms with van der Waals surface area (Å²) in [6.07, 6.45) is 8.84. The Kier molecular flexibility index (Phi) is 16.1. The van der Waals surface area contributed by atoms with Gasteiger partial charge in [0.15, 0.2) is 5.78 Å². The second-order valence-electron chi connectivity index (χ2n) is 10.7. The number of anilines is 3. The van der Waals surface area contributed by atoms with Crippen molar-refractivity contribution in [2.75, 3.05) is 35.8 Å². The van der Waals surface area contributed by atoms with Gasteiger partial charge in [0.2, 0.25) is 0 Å². The van der Waals surface area contributed by atoms with Crippen LogP contribution >= 0.6 is 0 Å². The first-order chi connectivity index (χ1) is 21.1. The maximum atomic E-state index is 12.7. The molecule has 0 saturated heterocycles. The van der Waals surface area contributed by atoms with E-state index in [4.69, 9.17) is 14.7 Å². The monoisotopic (exact) mass is 613 g/mol. The van der Waals surface area contributed by atoms with Crippen LogP contribution in [0.15, 0.2) is 36.4 Å². The van der Waals surface area contributed by atoms with Crippen LogP contribution in [0.2, 0.25) is 0 Å². The fraction of sp³-hybridized carbons (Fsp3) is 0.515. The molecule has 242 valence electrons. The van der Waals surface area contributed by atoms with Crippen molar-refractivity contribution in [2.24, 2.45) is 0 Å². The number of hydrogen-bond donors (Lipinski definition) is 3. The topological polar surface area (TPSA) is 146 Å². The molecule has 44 heavy (non-hydrogen) atoms. The van der Waals surface area contributed by atoms with Gasteiger partial charge in [0.1, 0.15) is 6.61 Å². The van der Waals surface area contributed by atoms with Gasteiger partial charge in [-0.2, -0.15) is 10.1 Å². The fourth-order valence-corrected chi connectivity index (χ4v) is 4.64. The molecule has 0 aliphatic rings. The minimum absolute atomic E-state index is 0.0202. The van der Waals surface area contributed by atoms with Gasteiger partial charge in [0.05, 0.1) is 25.1 Å². The molecule has 0 unspecified atom stereocenters. The zero-order valence-electron chi connectivity index (χ0n) is 26.4. The van der Waals surface area contributed by atoms with Crippen LogP contribution in [0.5, 0.6) is 0 Å². The van der Waals surface area contributed by atoms with E-state index in [1.807, 2.05) is 0 Å². The van der Waals surface area contributed by atoms with Gasteiger partial charge < -0.3 is 9.84 Å². The van der Waals surface area contributed by atoms with Crippen LogP contribution in [0, 0.1) is 13.8 Å². The number of aliphatic hydroxyl groups is 1. The van der Waals surface area contributed by atoms with Gasteiger partial charge in [-0.15, -0.1) is 0 Å². The minimum atomic E-state index is -0.769. The van der Waals surface area contributed by atoms with Crippen molar-refractivity contribution < 1.29 is 39.1 Å². The van der Waals surface area contributed by atoms with Gasteiger partial charge in [0.25, 0.3) is 11.8 Å². The number of Topliss-reactive ketones (excluding diaryl/α,β-unsaturated/α-hetero) is 1. The number of aliphatic hydroxyl groups excluding tert-OH is 1. The lowest BCUT2D eigenvalue weighted by atomic mass is 10.0. The summed E-state index contributed by atoms with van der Waals surface area (Å²) in [4.78, 5) is 54.6. The molecule has 0 saturated carbocycles. The van der Waals surface area contributed by atoms with Gasteiger partial charge >= 0.3 is 6.09 Å². The summed E-state index contributed by atoms with van der Waals surface area (Å²) in [5.41, 5.74) is 2.70. The molecule has 0 spiro atoms. The lowest BCUT2D eigenvalue weighted by Gasteiger charge is -2.20. The molecule has 2 aromatic carbocycles. The lowest BCUT2D eigenvalue weighted by Crippen LogP contribution is -2.32. The molecule has 3 amide bonds. The van der Waals surface area contributed by atoms with Crippen molar-refractivity contribution in [1.29, 1.82) is 0 Å². The van der Waals surface area contributed by atoms with Crippen LogP contribution in [-0.2, 0) is 19.2 Å². The lowest BCUT2D eigenvalue weighted by molar-refractivity contribution is -0.127. The zero-order chi connectivity index (χ0) is 32.5. The molecule has 2 aromatic rings. The fourth-order valence-electron chi connectivity index (χ4n) is 4.64. The second kappa shape index (κ2) is 19.5. The van der Waals surface area contributed by atoms with Crippen molar-refractivity contribution in [2.45, 2.75) is 91.4 Å². The van der Waals surface area contributed by atoms with E-state index in [9.17, 15) is 24.4 Å². The second-order valence-corrected chi connectivity index (χ2v) is 10.7. The summed E-state index contributed by atoms with van der Waals surface area (Å²) in [7, 11) is 1.28. The number of carbonyl (C=O) groups is 4. The molecule has 0 aliphatic heterocycles. The summed E-state index contributed by atoms with van der Waals surface area (Å²) >= 11 is 0. The minimum Gasteiger partial charge on any atom is -0.449 e. The number of benzene rings is 2. The van der Waals surface area contributed by atoms with Gasteiger partial charge in [-0.1, -0.05) is 70.1 Å². The predicted octanol–water partition coefficient (Wildman–Crippen LogP) is 6.65. The maximum Gasteiger partial charge on any atom is 0.411 e. The third-order valence-corrected chi connectivity index (χ3v) is 7.26. The highest BCUT2D eigenvalue weighted by Crippen LogP contribution is 2.25. The molecular weight excluding hydrogens is 566 g/mol. The Morgan fingerprint density at radius 1 is 0.818 bits per heavy atom. The van der Waals surface area contributed by atoms with E-state index in [2.05, 4.69) is 12.2 Å². The van der Waals surface area contributed by atoms with Crippen LogP contribution < -0.4 is 15.4 Å². The summed E-state index contributed by atoms with van der Waals surface area (Å²) in [6.45, 7) is 4.85. The SMILES string of the molecule is CCCCCCCCCCC(=O)c1ccc(C)c(N(O)C(=O)CCCOC(=O)Nc2cc(N(OC)C(=O)CO)ccc2C)c1. The van der Waals surface area contributed by atoms with E-state index in [1.165, 1.54) is 45.3 Å². The normalized spacial score (nSPS) is 10.8. The molecule has 0 fully saturated rings. The molecule has 11 heteroatoms. The molecule has 3 N–H and O–H groups in total. The van der Waals surface area contributed by atoms with E-state index in [1.54, 1.807) is 44.2 Å². The number of nitrogens with zero attached hydrogens (tertiary/aromatic N) is 2. The summed E-state index contributed by atoms with van der Waals surface area (Å²) in [6, 6.07) is 9.72. The third-order valence-electron chi connectivity index (χ3n) is 7.26. The molecule has 0 radical (unpaired) electrons. The number of amides is 3. The van der Waals surface area contributed by atoms with Gasteiger partial charge in [0, 0.05) is 24.1 Å². The smallest absolute Gasteiger partial charge is 0.411 e. The van der Waals surface area contributed by atoms with Crippen LogP contribution in [0.3, 0.4) is 0 Å². The Labute approximate surface area is 260 Å². The largest absolute Gasteiger partial charge is 0.449 e. The maximum absolute atomic E-state index is 12.7. The van der Waals surface area contributed by atoms with E-state index < -0.39 is 24.5 Å². The number of unbranched alkanes of at least 4 members (excludes halogenated alkanes) is 7. The van der Waals surface area contributed by atoms with Crippen LogP contribution in [0.1, 0.15) is 99.0 Å². The van der Waals surface area contributed by atoms with Crippen molar-refractivity contribution in [3.05, 3.63) is 53.1 Å². The number of hydroxylamine groups is 2.